The van der Waals surface area contributed by atoms with Crippen LogP contribution in [0.5, 0.6) is 0 Å². The summed E-state index contributed by atoms with van der Waals surface area (Å²) < 4.78 is 13.6. The number of oxime groups is 1. The van der Waals surface area contributed by atoms with Gasteiger partial charge < -0.3 is 16.3 Å². The molecule has 0 spiro atoms. The number of nitrogens with one attached hydrogen (secondary N) is 1. The Morgan fingerprint density at radius 3 is 2.52 bits per heavy atom. The van der Waals surface area contributed by atoms with Gasteiger partial charge in [-0.05, 0) is 73.7 Å². The fraction of sp³-hybridized carbons (Fsp3) is 0.562. The van der Waals surface area contributed by atoms with Gasteiger partial charge in [0.2, 0.25) is 0 Å². The molecule has 0 aromatic heterocycles. The van der Waals surface area contributed by atoms with Crippen LogP contribution in [0.1, 0.15) is 36.8 Å². The first-order chi connectivity index (χ1) is 10.2. The lowest BCUT2D eigenvalue weighted by Gasteiger charge is -2.16. The van der Waals surface area contributed by atoms with E-state index in [0.717, 1.165) is 29.9 Å². The Bertz CT molecular complexity index is 526. The lowest BCUT2D eigenvalue weighted by atomic mass is 9.98. The van der Waals surface area contributed by atoms with Crippen molar-refractivity contribution in [2.45, 2.75) is 32.2 Å². The third kappa shape index (κ3) is 3.73. The maximum absolute atomic E-state index is 13.6. The van der Waals surface area contributed by atoms with Crippen LogP contribution >= 0.6 is 0 Å². The number of hydrogen-bond donors (Lipinski definition) is 3. The summed E-state index contributed by atoms with van der Waals surface area (Å²) in [7, 11) is 0. The predicted molar refractivity (Wildman–Crippen MR) is 79.6 cm³/mol. The molecule has 3 rings (SSSR count). The molecule has 5 heteroatoms. The van der Waals surface area contributed by atoms with Crippen molar-refractivity contribution in [1.82, 2.24) is 5.32 Å². The second kappa shape index (κ2) is 6.02. The van der Waals surface area contributed by atoms with Gasteiger partial charge in [0.25, 0.3) is 0 Å². The van der Waals surface area contributed by atoms with E-state index in [1.807, 2.05) is 0 Å². The Labute approximate surface area is 124 Å². The molecule has 4 N–H and O–H groups in total. The van der Waals surface area contributed by atoms with Gasteiger partial charge in [0.1, 0.15) is 5.82 Å². The summed E-state index contributed by atoms with van der Waals surface area (Å²) in [6.07, 6.45) is 5.49. The van der Waals surface area contributed by atoms with Gasteiger partial charge in [0, 0.05) is 12.1 Å². The molecule has 0 heterocycles. The van der Waals surface area contributed by atoms with Gasteiger partial charge in [-0.1, -0.05) is 5.16 Å². The van der Waals surface area contributed by atoms with Crippen LogP contribution in [0.15, 0.2) is 23.4 Å². The van der Waals surface area contributed by atoms with Crippen molar-refractivity contribution in [3.05, 3.63) is 35.1 Å². The zero-order chi connectivity index (χ0) is 14.8. The van der Waals surface area contributed by atoms with Crippen LogP contribution in [0.4, 0.5) is 4.39 Å². The first-order valence-corrected chi connectivity index (χ1v) is 7.65. The van der Waals surface area contributed by atoms with Crippen molar-refractivity contribution in [3.8, 4) is 0 Å². The summed E-state index contributed by atoms with van der Waals surface area (Å²) >= 11 is 0. The van der Waals surface area contributed by atoms with Gasteiger partial charge in [-0.2, -0.15) is 0 Å². The van der Waals surface area contributed by atoms with E-state index in [1.54, 1.807) is 6.07 Å². The Kier molecular flexibility index (Phi) is 4.10. The zero-order valence-corrected chi connectivity index (χ0v) is 12.1. The fourth-order valence-electron chi connectivity index (χ4n) is 3.11. The standard InChI is InChI=1S/C16H22FN3O/c17-14-6-10(5-13(7-14)16(18)20-21)8-19-9-15(11-1-2-11)12-3-4-12/h5-7,11-12,15,19,21H,1-4,8-9H2,(H2,18,20). The van der Waals surface area contributed by atoms with Crippen LogP contribution in [0.25, 0.3) is 0 Å². The average molecular weight is 291 g/mol. The molecule has 0 saturated heterocycles. The van der Waals surface area contributed by atoms with E-state index < -0.39 is 0 Å². The van der Waals surface area contributed by atoms with E-state index in [1.165, 1.54) is 37.8 Å². The minimum absolute atomic E-state index is 0.0652. The third-order valence-electron chi connectivity index (χ3n) is 4.53. The molecule has 2 fully saturated rings. The van der Waals surface area contributed by atoms with Crippen LogP contribution < -0.4 is 11.1 Å². The Balaban J connectivity index is 1.58. The van der Waals surface area contributed by atoms with Gasteiger partial charge in [0.05, 0.1) is 0 Å². The molecule has 21 heavy (non-hydrogen) atoms. The topological polar surface area (TPSA) is 70.6 Å². The number of benzene rings is 1. The average Bonchev–Trinajstić information content (AvgIpc) is 3.35. The highest BCUT2D eigenvalue weighted by Gasteiger charge is 2.40. The van der Waals surface area contributed by atoms with Crippen molar-refractivity contribution < 1.29 is 9.60 Å². The highest BCUT2D eigenvalue weighted by molar-refractivity contribution is 5.97. The highest BCUT2D eigenvalue weighted by Crippen LogP contribution is 2.48. The molecule has 2 saturated carbocycles. The Morgan fingerprint density at radius 2 is 1.95 bits per heavy atom. The molecule has 0 amide bonds. The zero-order valence-electron chi connectivity index (χ0n) is 12.1. The molecule has 1 aromatic rings. The first-order valence-electron chi connectivity index (χ1n) is 7.65. The summed E-state index contributed by atoms with van der Waals surface area (Å²) in [5.41, 5.74) is 6.75. The number of halogens is 1. The molecule has 1 aromatic carbocycles. The molecule has 0 bridgehead atoms. The number of hydrogen-bond acceptors (Lipinski definition) is 3. The van der Waals surface area contributed by atoms with Crippen molar-refractivity contribution in [1.29, 1.82) is 0 Å². The van der Waals surface area contributed by atoms with Crippen LogP contribution in [0, 0.1) is 23.6 Å². The molecular formula is C16H22FN3O. The molecule has 0 unspecified atom stereocenters. The lowest BCUT2D eigenvalue weighted by molar-refractivity contribution is 0.318. The monoisotopic (exact) mass is 291 g/mol. The molecular weight excluding hydrogens is 269 g/mol. The van der Waals surface area contributed by atoms with E-state index in [9.17, 15) is 4.39 Å². The number of amidine groups is 1. The summed E-state index contributed by atoms with van der Waals surface area (Å²) in [6, 6.07) is 4.52. The summed E-state index contributed by atoms with van der Waals surface area (Å²) in [6.45, 7) is 1.62. The maximum atomic E-state index is 13.6. The summed E-state index contributed by atoms with van der Waals surface area (Å²) in [4.78, 5) is 0. The van der Waals surface area contributed by atoms with Crippen LogP contribution in [-0.2, 0) is 6.54 Å². The molecule has 0 aliphatic heterocycles. The summed E-state index contributed by atoms with van der Waals surface area (Å²) in [5.74, 6) is 2.18. The minimum Gasteiger partial charge on any atom is -0.409 e. The quantitative estimate of drug-likeness (QED) is 0.313. The highest BCUT2D eigenvalue weighted by atomic mass is 19.1. The molecule has 114 valence electrons. The molecule has 0 atom stereocenters. The van der Waals surface area contributed by atoms with Crippen molar-refractivity contribution in [2.75, 3.05) is 6.54 Å². The van der Waals surface area contributed by atoms with Gasteiger partial charge >= 0.3 is 0 Å². The number of rotatable bonds is 7. The fourth-order valence-corrected chi connectivity index (χ4v) is 3.11. The van der Waals surface area contributed by atoms with E-state index >= 15 is 0 Å². The maximum Gasteiger partial charge on any atom is 0.170 e. The molecule has 4 nitrogen and oxygen atoms in total. The van der Waals surface area contributed by atoms with Crippen molar-refractivity contribution in [2.24, 2.45) is 28.6 Å². The van der Waals surface area contributed by atoms with Crippen LogP contribution in [0.2, 0.25) is 0 Å². The van der Waals surface area contributed by atoms with Crippen LogP contribution in [0.3, 0.4) is 0 Å². The second-order valence-corrected chi connectivity index (χ2v) is 6.30. The number of nitrogens with zero attached hydrogens (tertiary/aromatic N) is 1. The van der Waals surface area contributed by atoms with Gasteiger partial charge in [0.15, 0.2) is 5.84 Å². The van der Waals surface area contributed by atoms with Gasteiger partial charge in [-0.25, -0.2) is 4.39 Å². The largest absolute Gasteiger partial charge is 0.409 e. The smallest absolute Gasteiger partial charge is 0.170 e. The SMILES string of the molecule is N/C(=N/O)c1cc(F)cc(CNCC(C2CC2)C2CC2)c1. The van der Waals surface area contributed by atoms with Crippen molar-refractivity contribution >= 4 is 5.84 Å². The van der Waals surface area contributed by atoms with Crippen LogP contribution in [-0.4, -0.2) is 17.6 Å². The second-order valence-electron chi connectivity index (χ2n) is 6.30. The molecule has 2 aliphatic carbocycles. The first kappa shape index (κ1) is 14.3. The molecule has 2 aliphatic rings. The third-order valence-corrected chi connectivity index (χ3v) is 4.53. The van der Waals surface area contributed by atoms with E-state index in [-0.39, 0.29) is 11.7 Å². The summed E-state index contributed by atoms with van der Waals surface area (Å²) in [5, 5.41) is 15.0. The lowest BCUT2D eigenvalue weighted by Crippen LogP contribution is -2.25. The Morgan fingerprint density at radius 1 is 1.29 bits per heavy atom. The van der Waals surface area contributed by atoms with Crippen molar-refractivity contribution in [3.63, 3.8) is 0 Å². The Hall–Kier alpha value is -1.62. The minimum atomic E-state index is -0.364. The van der Waals surface area contributed by atoms with E-state index in [4.69, 9.17) is 10.9 Å². The van der Waals surface area contributed by atoms with E-state index in [0.29, 0.717) is 12.1 Å². The van der Waals surface area contributed by atoms with Gasteiger partial charge in [-0.15, -0.1) is 0 Å². The number of nitrogens with two attached hydrogens (primary N) is 1. The molecule has 0 radical (unpaired) electrons. The predicted octanol–water partition coefficient (Wildman–Crippen LogP) is 2.45. The normalized spacial score (nSPS) is 19.2. The van der Waals surface area contributed by atoms with E-state index in [2.05, 4.69) is 10.5 Å². The van der Waals surface area contributed by atoms with Gasteiger partial charge in [-0.3, -0.25) is 0 Å².